The van der Waals surface area contributed by atoms with Crippen molar-refractivity contribution in [3.8, 4) is 0 Å². The molecule has 0 saturated carbocycles. The molecule has 2 aliphatic rings. The minimum atomic E-state index is -0.0884. The zero-order valence-electron chi connectivity index (χ0n) is 19.0. The van der Waals surface area contributed by atoms with Gasteiger partial charge >= 0.3 is 6.03 Å². The third-order valence-electron chi connectivity index (χ3n) is 6.60. The Morgan fingerprint density at radius 1 is 1.03 bits per heavy atom. The number of nitrogens with zero attached hydrogens (tertiary/aromatic N) is 2. The molecule has 0 bridgehead atoms. The van der Waals surface area contributed by atoms with Gasteiger partial charge in [0.15, 0.2) is 0 Å². The summed E-state index contributed by atoms with van der Waals surface area (Å²) in [5, 5.41) is 6.13. The van der Waals surface area contributed by atoms with Gasteiger partial charge in [-0.1, -0.05) is 32.0 Å². The lowest BCUT2D eigenvalue weighted by Gasteiger charge is -2.45. The van der Waals surface area contributed by atoms with Crippen molar-refractivity contribution in [1.29, 1.82) is 0 Å². The first kappa shape index (κ1) is 22.6. The molecule has 6 heteroatoms. The van der Waals surface area contributed by atoms with E-state index < -0.39 is 0 Å². The highest BCUT2D eigenvalue weighted by Gasteiger charge is 2.34. The molecule has 2 atom stereocenters. The van der Waals surface area contributed by atoms with Crippen molar-refractivity contribution in [3.05, 3.63) is 30.3 Å². The van der Waals surface area contributed by atoms with Crippen LogP contribution in [0.2, 0.25) is 0 Å². The largest absolute Gasteiger partial charge is 0.354 e. The third-order valence-corrected chi connectivity index (χ3v) is 6.60. The fourth-order valence-electron chi connectivity index (χ4n) is 4.79. The first-order valence-electron chi connectivity index (χ1n) is 11.4. The predicted molar refractivity (Wildman–Crippen MR) is 121 cm³/mol. The molecule has 2 unspecified atom stereocenters. The van der Waals surface area contributed by atoms with E-state index in [1.165, 1.54) is 6.42 Å². The average Bonchev–Trinajstić information content (AvgIpc) is 2.72. The molecule has 2 N–H and O–H groups in total. The van der Waals surface area contributed by atoms with Crippen molar-refractivity contribution in [3.63, 3.8) is 0 Å². The van der Waals surface area contributed by atoms with Gasteiger partial charge in [-0.2, -0.15) is 0 Å². The Balaban J connectivity index is 1.43. The number of para-hydroxylation sites is 1. The third kappa shape index (κ3) is 5.97. The molecular weight excluding hydrogens is 376 g/mol. The van der Waals surface area contributed by atoms with Crippen LogP contribution in [0.1, 0.15) is 47.0 Å². The summed E-state index contributed by atoms with van der Waals surface area (Å²) < 4.78 is 0. The van der Waals surface area contributed by atoms with Crippen molar-refractivity contribution in [2.75, 3.05) is 38.0 Å². The van der Waals surface area contributed by atoms with Gasteiger partial charge in [0.2, 0.25) is 5.91 Å². The number of piperidine rings is 2. The number of urea groups is 1. The van der Waals surface area contributed by atoms with Crippen molar-refractivity contribution in [2.24, 2.45) is 17.8 Å². The van der Waals surface area contributed by atoms with E-state index in [2.05, 4.69) is 43.2 Å². The summed E-state index contributed by atoms with van der Waals surface area (Å²) in [6.45, 7) is 13.2. The first-order valence-corrected chi connectivity index (χ1v) is 11.4. The van der Waals surface area contributed by atoms with E-state index in [-0.39, 0.29) is 23.4 Å². The summed E-state index contributed by atoms with van der Waals surface area (Å²) in [5.74, 6) is 1.52. The van der Waals surface area contributed by atoms with E-state index in [4.69, 9.17) is 0 Å². The molecule has 3 amide bonds. The molecule has 166 valence electrons. The van der Waals surface area contributed by atoms with Crippen LogP contribution in [-0.4, -0.2) is 60.0 Å². The zero-order valence-corrected chi connectivity index (χ0v) is 19.0. The Hall–Kier alpha value is -2.08. The van der Waals surface area contributed by atoms with E-state index >= 15 is 0 Å². The number of nitrogens with one attached hydrogen (secondary N) is 2. The Morgan fingerprint density at radius 3 is 2.23 bits per heavy atom. The van der Waals surface area contributed by atoms with Crippen LogP contribution < -0.4 is 10.6 Å². The predicted octanol–water partition coefficient (Wildman–Crippen LogP) is 3.80. The van der Waals surface area contributed by atoms with E-state index in [1.807, 2.05) is 30.3 Å². The van der Waals surface area contributed by atoms with Crippen LogP contribution in [0, 0.1) is 17.8 Å². The van der Waals surface area contributed by atoms with Crippen molar-refractivity contribution < 1.29 is 9.59 Å². The number of hydrogen-bond acceptors (Lipinski definition) is 3. The molecule has 2 saturated heterocycles. The molecule has 30 heavy (non-hydrogen) atoms. The van der Waals surface area contributed by atoms with Gasteiger partial charge in [-0.25, -0.2) is 4.79 Å². The number of hydrogen-bond donors (Lipinski definition) is 2. The summed E-state index contributed by atoms with van der Waals surface area (Å²) in [7, 11) is 0. The quantitative estimate of drug-likeness (QED) is 0.770. The van der Waals surface area contributed by atoms with Gasteiger partial charge in [0.1, 0.15) is 0 Å². The highest BCUT2D eigenvalue weighted by molar-refractivity contribution is 5.89. The summed E-state index contributed by atoms with van der Waals surface area (Å²) in [6, 6.07) is 9.40. The average molecular weight is 415 g/mol. The molecule has 6 nitrogen and oxygen atoms in total. The van der Waals surface area contributed by atoms with Crippen LogP contribution in [-0.2, 0) is 4.79 Å². The van der Waals surface area contributed by atoms with Gasteiger partial charge in [0.05, 0.1) is 0 Å². The highest BCUT2D eigenvalue weighted by Crippen LogP contribution is 2.27. The van der Waals surface area contributed by atoms with Crippen molar-refractivity contribution in [2.45, 2.75) is 52.5 Å². The molecule has 2 aliphatic heterocycles. The number of carbonyl (C=O) groups excluding carboxylic acids is 2. The fourth-order valence-corrected chi connectivity index (χ4v) is 4.79. The molecule has 0 aromatic heterocycles. The molecular formula is C24H38N4O2. The van der Waals surface area contributed by atoms with Gasteiger partial charge < -0.3 is 15.5 Å². The van der Waals surface area contributed by atoms with Crippen LogP contribution in [0.4, 0.5) is 10.5 Å². The smallest absolute Gasteiger partial charge is 0.321 e. The van der Waals surface area contributed by atoms with Crippen LogP contribution in [0.15, 0.2) is 30.3 Å². The Labute approximate surface area is 181 Å². The minimum Gasteiger partial charge on any atom is -0.354 e. The van der Waals surface area contributed by atoms with Gasteiger partial charge in [-0.05, 0) is 57.1 Å². The maximum atomic E-state index is 12.8. The maximum absolute atomic E-state index is 12.8. The van der Waals surface area contributed by atoms with E-state index in [1.54, 1.807) is 4.90 Å². The van der Waals surface area contributed by atoms with E-state index in [0.29, 0.717) is 44.3 Å². The number of likely N-dealkylation sites (tertiary alicyclic amines) is 2. The lowest BCUT2D eigenvalue weighted by Crippen LogP contribution is -2.56. The second-order valence-electron chi connectivity index (χ2n) is 9.94. The lowest BCUT2D eigenvalue weighted by atomic mass is 9.87. The SMILES string of the molecule is CC1CC(C)CN(C(C)(C)CNC(=O)C2CCN(C(=O)Nc3ccccc3)CC2)C1. The minimum absolute atomic E-state index is 0.0132. The standard InChI is InChI=1S/C24H38N4O2/c1-18-14-19(2)16-28(15-18)24(3,4)17-25-22(29)20-10-12-27(13-11-20)23(30)26-21-8-6-5-7-9-21/h5-9,18-20H,10-17H2,1-4H3,(H,25,29)(H,26,30). The van der Waals surface area contributed by atoms with Gasteiger partial charge in [-0.15, -0.1) is 0 Å². The fraction of sp³-hybridized carbons (Fsp3) is 0.667. The molecule has 1 aromatic rings. The van der Waals surface area contributed by atoms with Crippen molar-refractivity contribution >= 4 is 17.6 Å². The first-order chi connectivity index (χ1) is 14.2. The molecule has 0 spiro atoms. The summed E-state index contributed by atoms with van der Waals surface area (Å²) >= 11 is 0. The summed E-state index contributed by atoms with van der Waals surface area (Å²) in [5.41, 5.74) is 0.750. The van der Waals surface area contributed by atoms with E-state index in [9.17, 15) is 9.59 Å². The molecule has 1 aromatic carbocycles. The van der Waals surface area contributed by atoms with Crippen LogP contribution in [0.3, 0.4) is 0 Å². The second-order valence-corrected chi connectivity index (χ2v) is 9.94. The Morgan fingerprint density at radius 2 is 1.63 bits per heavy atom. The zero-order chi connectivity index (χ0) is 21.7. The number of amides is 3. The summed E-state index contributed by atoms with van der Waals surface area (Å²) in [6.07, 6.45) is 2.72. The monoisotopic (exact) mass is 414 g/mol. The van der Waals surface area contributed by atoms with Gasteiger partial charge in [-0.3, -0.25) is 9.69 Å². The normalized spacial score (nSPS) is 23.8. The number of benzene rings is 1. The number of carbonyl (C=O) groups is 2. The van der Waals surface area contributed by atoms with Crippen LogP contribution in [0.5, 0.6) is 0 Å². The van der Waals surface area contributed by atoms with E-state index in [0.717, 1.165) is 18.8 Å². The molecule has 2 fully saturated rings. The van der Waals surface area contributed by atoms with Crippen LogP contribution >= 0.6 is 0 Å². The Bertz CT molecular complexity index is 703. The van der Waals surface area contributed by atoms with Crippen molar-refractivity contribution in [1.82, 2.24) is 15.1 Å². The van der Waals surface area contributed by atoms with Gasteiger partial charge in [0, 0.05) is 49.9 Å². The maximum Gasteiger partial charge on any atom is 0.321 e. The lowest BCUT2D eigenvalue weighted by molar-refractivity contribution is -0.127. The second kappa shape index (κ2) is 9.82. The molecule has 0 aliphatic carbocycles. The number of rotatable bonds is 5. The highest BCUT2D eigenvalue weighted by atomic mass is 16.2. The molecule has 0 radical (unpaired) electrons. The summed E-state index contributed by atoms with van der Waals surface area (Å²) in [4.78, 5) is 29.5. The Kier molecular flexibility index (Phi) is 7.40. The van der Waals surface area contributed by atoms with Gasteiger partial charge in [0.25, 0.3) is 0 Å². The molecule has 2 heterocycles. The number of anilines is 1. The van der Waals surface area contributed by atoms with Crippen LogP contribution in [0.25, 0.3) is 0 Å². The topological polar surface area (TPSA) is 64.7 Å². The molecule has 3 rings (SSSR count).